The van der Waals surface area contributed by atoms with Crippen molar-refractivity contribution >= 4 is 51.1 Å². The Morgan fingerprint density at radius 3 is 2.71 bits per heavy atom. The average molecular weight is 459 g/mol. The van der Waals surface area contributed by atoms with E-state index in [4.69, 9.17) is 0 Å². The van der Waals surface area contributed by atoms with E-state index in [-0.39, 0.29) is 11.7 Å². The van der Waals surface area contributed by atoms with Crippen LogP contribution in [0.25, 0.3) is 0 Å². The van der Waals surface area contributed by atoms with Gasteiger partial charge < -0.3 is 15.1 Å². The van der Waals surface area contributed by atoms with Crippen LogP contribution in [-0.4, -0.2) is 40.2 Å². The van der Waals surface area contributed by atoms with Gasteiger partial charge in [0, 0.05) is 16.7 Å². The molecule has 1 atom stereocenters. The molecule has 92 valence electrons. The summed E-state index contributed by atoms with van der Waals surface area (Å²) in [6, 6.07) is 3.48. The second kappa shape index (κ2) is 5.27. The van der Waals surface area contributed by atoms with E-state index in [0.29, 0.717) is 28.6 Å². The molecule has 1 aromatic rings. The number of nitrogens with zero attached hydrogens (tertiary/aromatic N) is 1. The number of halogens is 2. The molecule has 17 heavy (non-hydrogen) atoms. The second-order valence-electron chi connectivity index (χ2n) is 3.98. The van der Waals surface area contributed by atoms with Gasteiger partial charge in [0.25, 0.3) is 5.91 Å². The summed E-state index contributed by atoms with van der Waals surface area (Å²) in [4.78, 5) is 13.7. The minimum absolute atomic E-state index is 0.0254. The van der Waals surface area contributed by atoms with Crippen molar-refractivity contribution in [1.29, 1.82) is 0 Å². The lowest BCUT2D eigenvalue weighted by Crippen LogP contribution is -2.29. The first-order chi connectivity index (χ1) is 7.99. The molecule has 1 aliphatic heterocycles. The van der Waals surface area contributed by atoms with E-state index in [9.17, 15) is 15.0 Å². The molecule has 2 rings (SSSR count). The summed E-state index contributed by atoms with van der Waals surface area (Å²) < 4.78 is 1.57. The predicted molar refractivity (Wildman–Crippen MR) is 80.1 cm³/mol. The van der Waals surface area contributed by atoms with Gasteiger partial charge >= 0.3 is 0 Å². The fourth-order valence-electron chi connectivity index (χ4n) is 1.83. The van der Waals surface area contributed by atoms with Gasteiger partial charge in [-0.15, -0.1) is 0 Å². The highest BCUT2D eigenvalue weighted by Gasteiger charge is 2.27. The minimum atomic E-state index is -0.442. The smallest absolute Gasteiger partial charge is 0.257 e. The fourth-order valence-corrected chi connectivity index (χ4v) is 3.67. The Balaban J connectivity index is 2.31. The van der Waals surface area contributed by atoms with E-state index >= 15 is 0 Å². The van der Waals surface area contributed by atoms with E-state index in [1.807, 2.05) is 28.7 Å². The monoisotopic (exact) mass is 459 g/mol. The number of aromatic hydroxyl groups is 1. The molecule has 0 radical (unpaired) electrons. The first kappa shape index (κ1) is 13.3. The maximum Gasteiger partial charge on any atom is 0.257 e. The fraction of sp³-hybridized carbons (Fsp3) is 0.364. The number of phenols is 1. The van der Waals surface area contributed by atoms with E-state index in [1.165, 1.54) is 0 Å². The number of benzene rings is 1. The maximum atomic E-state index is 12.2. The molecule has 4 nitrogen and oxygen atoms in total. The molecule has 6 heteroatoms. The Labute approximate surface area is 126 Å². The SMILES string of the molecule is O=C(c1cc(I)cc(I)c1O)N1CCC(O)C1. The molecule has 0 aliphatic carbocycles. The zero-order chi connectivity index (χ0) is 12.6. The zero-order valence-corrected chi connectivity index (χ0v) is 13.2. The van der Waals surface area contributed by atoms with Gasteiger partial charge in [-0.05, 0) is 63.7 Å². The van der Waals surface area contributed by atoms with Crippen LogP contribution in [0.5, 0.6) is 5.75 Å². The van der Waals surface area contributed by atoms with Crippen LogP contribution in [0.4, 0.5) is 0 Å². The van der Waals surface area contributed by atoms with E-state index in [0.717, 1.165) is 3.57 Å². The van der Waals surface area contributed by atoms with E-state index in [2.05, 4.69) is 22.6 Å². The van der Waals surface area contributed by atoms with Crippen LogP contribution < -0.4 is 0 Å². The van der Waals surface area contributed by atoms with Crippen molar-refractivity contribution < 1.29 is 15.0 Å². The Morgan fingerprint density at radius 1 is 1.41 bits per heavy atom. The summed E-state index contributed by atoms with van der Waals surface area (Å²) in [5.74, 6) is -0.187. The van der Waals surface area contributed by atoms with Gasteiger partial charge in [-0.3, -0.25) is 4.79 Å². The van der Waals surface area contributed by atoms with Gasteiger partial charge in [-0.25, -0.2) is 0 Å². The molecule has 1 heterocycles. The third-order valence-electron chi connectivity index (χ3n) is 2.71. The van der Waals surface area contributed by atoms with Crippen molar-refractivity contribution in [1.82, 2.24) is 4.90 Å². The molecular formula is C11H11I2NO3. The Hall–Kier alpha value is -0.0900. The van der Waals surface area contributed by atoms with Gasteiger partial charge in [0.15, 0.2) is 0 Å². The number of hydrogen-bond acceptors (Lipinski definition) is 3. The third kappa shape index (κ3) is 2.84. The Bertz CT molecular complexity index is 464. The molecular weight excluding hydrogens is 448 g/mol. The highest BCUT2D eigenvalue weighted by Crippen LogP contribution is 2.28. The molecule has 1 fully saturated rings. The highest BCUT2D eigenvalue weighted by molar-refractivity contribution is 14.1. The zero-order valence-electron chi connectivity index (χ0n) is 8.86. The third-order valence-corrected chi connectivity index (χ3v) is 4.15. The molecule has 1 aromatic carbocycles. The van der Waals surface area contributed by atoms with Gasteiger partial charge in [-0.2, -0.15) is 0 Å². The van der Waals surface area contributed by atoms with Crippen molar-refractivity contribution in [3.8, 4) is 5.75 Å². The molecule has 0 spiro atoms. The number of aliphatic hydroxyl groups excluding tert-OH is 1. The molecule has 1 saturated heterocycles. The molecule has 2 N–H and O–H groups in total. The van der Waals surface area contributed by atoms with Crippen LogP contribution in [0.15, 0.2) is 12.1 Å². The summed E-state index contributed by atoms with van der Waals surface area (Å²) in [7, 11) is 0. The predicted octanol–water partition coefficient (Wildman–Crippen LogP) is 1.81. The van der Waals surface area contributed by atoms with Crippen molar-refractivity contribution in [2.45, 2.75) is 12.5 Å². The Morgan fingerprint density at radius 2 is 2.12 bits per heavy atom. The number of rotatable bonds is 1. The van der Waals surface area contributed by atoms with Crippen LogP contribution in [-0.2, 0) is 0 Å². The van der Waals surface area contributed by atoms with Crippen LogP contribution >= 0.6 is 45.2 Å². The topological polar surface area (TPSA) is 60.8 Å². The average Bonchev–Trinajstić information content (AvgIpc) is 2.69. The Kier molecular flexibility index (Phi) is 4.14. The summed E-state index contributed by atoms with van der Waals surface area (Å²) in [6.45, 7) is 0.891. The standard InChI is InChI=1S/C11H11I2NO3/c12-6-3-8(10(16)9(13)4-6)11(17)14-2-1-7(15)5-14/h3-4,7,15-16H,1-2,5H2. The van der Waals surface area contributed by atoms with Crippen molar-refractivity contribution in [2.75, 3.05) is 13.1 Å². The molecule has 0 aromatic heterocycles. The maximum absolute atomic E-state index is 12.2. The van der Waals surface area contributed by atoms with Crippen LogP contribution in [0.1, 0.15) is 16.8 Å². The number of carbonyl (C=O) groups excluding carboxylic acids is 1. The highest BCUT2D eigenvalue weighted by atomic mass is 127. The minimum Gasteiger partial charge on any atom is -0.506 e. The van der Waals surface area contributed by atoms with Crippen molar-refractivity contribution in [3.63, 3.8) is 0 Å². The first-order valence-corrected chi connectivity index (χ1v) is 7.30. The number of hydrogen-bond donors (Lipinski definition) is 2. The number of β-amino-alcohol motifs (C(OH)–C–C–N with tert-alkyl or cyclic N) is 1. The quantitative estimate of drug-likeness (QED) is 0.631. The number of likely N-dealkylation sites (tertiary alicyclic amines) is 1. The summed E-state index contributed by atoms with van der Waals surface area (Å²) in [5, 5.41) is 19.3. The molecule has 1 unspecified atom stereocenters. The lowest BCUT2D eigenvalue weighted by Gasteiger charge is -2.17. The molecule has 0 saturated carbocycles. The van der Waals surface area contributed by atoms with Crippen molar-refractivity contribution in [3.05, 3.63) is 24.8 Å². The normalized spacial score (nSPS) is 19.7. The number of amides is 1. The van der Waals surface area contributed by atoms with Crippen LogP contribution in [0.2, 0.25) is 0 Å². The number of carbonyl (C=O) groups is 1. The van der Waals surface area contributed by atoms with Crippen molar-refractivity contribution in [2.24, 2.45) is 0 Å². The van der Waals surface area contributed by atoms with Gasteiger partial charge in [-0.1, -0.05) is 0 Å². The lowest BCUT2D eigenvalue weighted by molar-refractivity contribution is 0.0761. The largest absolute Gasteiger partial charge is 0.506 e. The molecule has 0 bridgehead atoms. The first-order valence-electron chi connectivity index (χ1n) is 5.14. The van der Waals surface area contributed by atoms with Crippen LogP contribution in [0, 0.1) is 7.14 Å². The van der Waals surface area contributed by atoms with E-state index < -0.39 is 6.10 Å². The summed E-state index contributed by atoms with van der Waals surface area (Å²) in [5.41, 5.74) is 0.315. The summed E-state index contributed by atoms with van der Waals surface area (Å²) in [6.07, 6.45) is 0.163. The molecule has 1 amide bonds. The number of aliphatic hydroxyl groups is 1. The van der Waals surface area contributed by atoms with Crippen LogP contribution in [0.3, 0.4) is 0 Å². The van der Waals surface area contributed by atoms with Gasteiger partial charge in [0.2, 0.25) is 0 Å². The second-order valence-corrected chi connectivity index (χ2v) is 6.39. The molecule has 1 aliphatic rings. The van der Waals surface area contributed by atoms with Gasteiger partial charge in [0.1, 0.15) is 5.75 Å². The summed E-state index contributed by atoms with van der Waals surface area (Å²) >= 11 is 4.11. The lowest BCUT2D eigenvalue weighted by atomic mass is 10.2. The van der Waals surface area contributed by atoms with Gasteiger partial charge in [0.05, 0.1) is 15.2 Å². The van der Waals surface area contributed by atoms with E-state index in [1.54, 1.807) is 11.0 Å². The number of phenolic OH excluding ortho intramolecular Hbond substituents is 1.